The fraction of sp³-hybridized carbons (Fsp3) is 0.0500. The fourth-order valence-corrected chi connectivity index (χ4v) is 2.14. The van der Waals surface area contributed by atoms with Crippen molar-refractivity contribution in [1.82, 2.24) is 0 Å². The van der Waals surface area contributed by atoms with E-state index < -0.39 is 0 Å². The molecule has 0 fully saturated rings. The minimum atomic E-state index is -0.172. The minimum Gasteiger partial charge on any atom is -0.497 e. The number of methoxy groups -OCH3 is 1. The highest BCUT2D eigenvalue weighted by Gasteiger charge is 2.14. The van der Waals surface area contributed by atoms with Crippen LogP contribution >= 0.6 is 0 Å². The molecule has 0 aliphatic carbocycles. The van der Waals surface area contributed by atoms with Crippen LogP contribution < -0.4 is 4.74 Å². The van der Waals surface area contributed by atoms with Crippen molar-refractivity contribution >= 4 is 5.78 Å². The van der Waals surface area contributed by atoms with Crippen LogP contribution in [0.1, 0.15) is 27.2 Å². The van der Waals surface area contributed by atoms with Crippen molar-refractivity contribution in [2.45, 2.75) is 0 Å². The van der Waals surface area contributed by atoms with Crippen LogP contribution in [0.25, 0.3) is 0 Å². The number of ketones is 1. The van der Waals surface area contributed by atoms with Crippen LogP contribution in [0.3, 0.4) is 0 Å². The van der Waals surface area contributed by atoms with Gasteiger partial charge < -0.3 is 9.15 Å². The van der Waals surface area contributed by atoms with Gasteiger partial charge in [0.15, 0.2) is 5.76 Å². The van der Waals surface area contributed by atoms with Gasteiger partial charge in [0.1, 0.15) is 5.75 Å². The van der Waals surface area contributed by atoms with Gasteiger partial charge in [-0.1, -0.05) is 24.0 Å². The average Bonchev–Trinajstić information content (AvgIpc) is 3.15. The van der Waals surface area contributed by atoms with Gasteiger partial charge in [0.25, 0.3) is 0 Å². The summed E-state index contributed by atoms with van der Waals surface area (Å²) in [5.74, 6) is 7.04. The van der Waals surface area contributed by atoms with Gasteiger partial charge in [-0.15, -0.1) is 0 Å². The summed E-state index contributed by atoms with van der Waals surface area (Å²) in [4.78, 5) is 12.4. The Balaban J connectivity index is 1.92. The number of carbonyl (C=O) groups excluding carboxylic acids is 1. The quantitative estimate of drug-likeness (QED) is 0.544. The van der Waals surface area contributed by atoms with Gasteiger partial charge in [0.2, 0.25) is 5.78 Å². The number of furan rings is 1. The maximum Gasteiger partial charge on any atom is 0.229 e. The fourth-order valence-electron chi connectivity index (χ4n) is 2.14. The second-order valence-electron chi connectivity index (χ2n) is 4.83. The van der Waals surface area contributed by atoms with Gasteiger partial charge in [0.05, 0.1) is 13.4 Å². The molecule has 0 radical (unpaired) electrons. The lowest BCUT2D eigenvalue weighted by Crippen LogP contribution is -2.02. The summed E-state index contributed by atoms with van der Waals surface area (Å²) in [7, 11) is 1.62. The average molecular weight is 302 g/mol. The third-order valence-electron chi connectivity index (χ3n) is 3.35. The zero-order chi connectivity index (χ0) is 16.1. The second kappa shape index (κ2) is 6.67. The van der Waals surface area contributed by atoms with Crippen LogP contribution in [0.2, 0.25) is 0 Å². The molecular weight excluding hydrogens is 288 g/mol. The monoisotopic (exact) mass is 302 g/mol. The van der Waals surface area contributed by atoms with Crippen molar-refractivity contribution < 1.29 is 13.9 Å². The molecule has 0 aliphatic rings. The highest BCUT2D eigenvalue weighted by Crippen LogP contribution is 2.15. The third-order valence-corrected chi connectivity index (χ3v) is 3.35. The summed E-state index contributed by atoms with van der Waals surface area (Å²) in [6.45, 7) is 0. The molecule has 0 bridgehead atoms. The molecule has 0 unspecified atom stereocenters. The summed E-state index contributed by atoms with van der Waals surface area (Å²) < 4.78 is 10.3. The van der Waals surface area contributed by atoms with E-state index in [1.165, 1.54) is 6.26 Å². The Morgan fingerprint density at radius 1 is 0.957 bits per heavy atom. The Bertz CT molecular complexity index is 863. The van der Waals surface area contributed by atoms with Gasteiger partial charge in [0, 0.05) is 16.7 Å². The van der Waals surface area contributed by atoms with E-state index >= 15 is 0 Å². The molecule has 3 rings (SSSR count). The van der Waals surface area contributed by atoms with Crippen molar-refractivity contribution in [3.05, 3.63) is 89.4 Å². The number of ether oxygens (including phenoxy) is 1. The molecule has 3 aromatic rings. The Morgan fingerprint density at radius 3 is 2.43 bits per heavy atom. The zero-order valence-corrected chi connectivity index (χ0v) is 12.6. The molecule has 0 spiro atoms. The lowest BCUT2D eigenvalue weighted by molar-refractivity contribution is 0.101. The molecule has 0 aliphatic heterocycles. The summed E-state index contributed by atoms with van der Waals surface area (Å²) in [5.41, 5.74) is 2.05. The molecule has 1 aromatic heterocycles. The third kappa shape index (κ3) is 3.33. The molecule has 0 saturated carbocycles. The van der Waals surface area contributed by atoms with E-state index in [1.807, 2.05) is 42.5 Å². The van der Waals surface area contributed by atoms with Gasteiger partial charge in [-0.3, -0.25) is 4.79 Å². The highest BCUT2D eigenvalue weighted by atomic mass is 16.5. The molecule has 3 heteroatoms. The van der Waals surface area contributed by atoms with Crippen molar-refractivity contribution in [1.29, 1.82) is 0 Å². The molecule has 0 N–H and O–H groups in total. The first-order chi connectivity index (χ1) is 11.3. The Kier molecular flexibility index (Phi) is 4.26. The molecule has 23 heavy (non-hydrogen) atoms. The van der Waals surface area contributed by atoms with E-state index in [0.717, 1.165) is 11.3 Å². The lowest BCUT2D eigenvalue weighted by atomic mass is 10.0. The smallest absolute Gasteiger partial charge is 0.229 e. The minimum absolute atomic E-state index is 0.172. The number of carbonyl (C=O) groups is 1. The largest absolute Gasteiger partial charge is 0.497 e. The molecule has 1 heterocycles. The second-order valence-corrected chi connectivity index (χ2v) is 4.83. The molecule has 0 amide bonds. The van der Waals surface area contributed by atoms with E-state index in [-0.39, 0.29) is 5.78 Å². The van der Waals surface area contributed by atoms with Crippen LogP contribution in [-0.4, -0.2) is 12.9 Å². The first-order valence-corrected chi connectivity index (χ1v) is 7.11. The van der Waals surface area contributed by atoms with Crippen molar-refractivity contribution in [3.63, 3.8) is 0 Å². The summed E-state index contributed by atoms with van der Waals surface area (Å²) >= 11 is 0. The highest BCUT2D eigenvalue weighted by molar-refractivity contribution is 6.08. The van der Waals surface area contributed by atoms with E-state index in [4.69, 9.17) is 9.15 Å². The molecule has 112 valence electrons. The number of rotatable bonds is 3. The van der Waals surface area contributed by atoms with Gasteiger partial charge in [-0.25, -0.2) is 0 Å². The van der Waals surface area contributed by atoms with Crippen molar-refractivity contribution in [2.24, 2.45) is 0 Å². The lowest BCUT2D eigenvalue weighted by Gasteiger charge is -2.01. The first kappa shape index (κ1) is 14.7. The molecule has 0 atom stereocenters. The Labute approximate surface area is 134 Å². The van der Waals surface area contributed by atoms with E-state index in [0.29, 0.717) is 16.9 Å². The summed E-state index contributed by atoms with van der Waals surface area (Å²) in [5, 5.41) is 0. The predicted octanol–water partition coefficient (Wildman–Crippen LogP) is 3.92. The van der Waals surface area contributed by atoms with Crippen LogP contribution in [0.15, 0.2) is 71.3 Å². The molecule has 3 nitrogen and oxygen atoms in total. The normalized spacial score (nSPS) is 9.78. The van der Waals surface area contributed by atoms with Gasteiger partial charge in [-0.2, -0.15) is 0 Å². The van der Waals surface area contributed by atoms with Crippen molar-refractivity contribution in [2.75, 3.05) is 7.11 Å². The topological polar surface area (TPSA) is 39.4 Å². The van der Waals surface area contributed by atoms with Crippen molar-refractivity contribution in [3.8, 4) is 17.6 Å². The Hall–Kier alpha value is -3.25. The van der Waals surface area contributed by atoms with E-state index in [9.17, 15) is 4.79 Å². The first-order valence-electron chi connectivity index (χ1n) is 7.11. The number of benzene rings is 2. The standard InChI is InChI=1S/C20H14O3/c1-22-17-12-9-15(10-13-17)8-11-16-5-2-3-6-18(16)20(21)19-7-4-14-23-19/h2-7,9-10,12-14H,1H3. The number of hydrogen-bond donors (Lipinski definition) is 0. The SMILES string of the molecule is COc1ccc(C#Cc2ccccc2C(=O)c2ccco2)cc1. The predicted molar refractivity (Wildman–Crippen MR) is 87.6 cm³/mol. The van der Waals surface area contributed by atoms with Crippen LogP contribution in [0.5, 0.6) is 5.75 Å². The van der Waals surface area contributed by atoms with Gasteiger partial charge >= 0.3 is 0 Å². The maximum atomic E-state index is 12.4. The molecule has 2 aromatic carbocycles. The summed E-state index contributed by atoms with van der Waals surface area (Å²) in [6, 6.07) is 18.1. The van der Waals surface area contributed by atoms with Crippen LogP contribution in [0.4, 0.5) is 0 Å². The van der Waals surface area contributed by atoms with Crippen LogP contribution in [0, 0.1) is 11.8 Å². The molecular formula is C20H14O3. The van der Waals surface area contributed by atoms with E-state index in [1.54, 1.807) is 25.3 Å². The van der Waals surface area contributed by atoms with Gasteiger partial charge in [-0.05, 0) is 48.5 Å². The van der Waals surface area contributed by atoms with Crippen LogP contribution in [-0.2, 0) is 0 Å². The molecule has 0 saturated heterocycles. The summed E-state index contributed by atoms with van der Waals surface area (Å²) in [6.07, 6.45) is 1.49. The van der Waals surface area contributed by atoms with E-state index in [2.05, 4.69) is 11.8 Å². The zero-order valence-electron chi connectivity index (χ0n) is 12.6. The Morgan fingerprint density at radius 2 is 1.74 bits per heavy atom. The number of hydrogen-bond acceptors (Lipinski definition) is 3. The maximum absolute atomic E-state index is 12.4.